The lowest BCUT2D eigenvalue weighted by molar-refractivity contribution is -0.132. The minimum absolute atomic E-state index is 0.199. The molecule has 0 saturated carbocycles. The first-order valence-electron chi connectivity index (χ1n) is 9.43. The fraction of sp³-hybridized carbons (Fsp3) is 0.286. The number of rotatable bonds is 3. The van der Waals surface area contributed by atoms with Crippen molar-refractivity contribution < 1.29 is 9.18 Å². The van der Waals surface area contributed by atoms with E-state index in [1.165, 1.54) is 15.2 Å². The SMILES string of the molecule is Cn1c(=O)c(=O)n(CC(=O)N2CCN(c3ccccc3F)CC2)c2ccccc21. The standard InChI is InChI=1S/C21H21FN4O3/c1-23-17-8-4-5-9-18(17)26(21(29)20(23)28)14-19(27)25-12-10-24(11-13-25)16-7-3-2-6-15(16)22/h2-9H,10-14H2,1H3. The molecule has 1 saturated heterocycles. The van der Waals surface area contributed by atoms with E-state index in [-0.39, 0.29) is 18.3 Å². The summed E-state index contributed by atoms with van der Waals surface area (Å²) in [5.74, 6) is -0.524. The molecule has 0 bridgehead atoms. The summed E-state index contributed by atoms with van der Waals surface area (Å²) in [6.07, 6.45) is 0. The lowest BCUT2D eigenvalue weighted by Gasteiger charge is -2.36. The highest BCUT2D eigenvalue weighted by molar-refractivity contribution is 5.80. The summed E-state index contributed by atoms with van der Waals surface area (Å²) >= 11 is 0. The van der Waals surface area contributed by atoms with Gasteiger partial charge in [0.25, 0.3) is 0 Å². The van der Waals surface area contributed by atoms with Crippen molar-refractivity contribution in [3.63, 3.8) is 0 Å². The van der Waals surface area contributed by atoms with Crippen molar-refractivity contribution in [3.8, 4) is 0 Å². The Morgan fingerprint density at radius 2 is 1.52 bits per heavy atom. The number of para-hydroxylation sites is 3. The molecule has 7 nitrogen and oxygen atoms in total. The second-order valence-electron chi connectivity index (χ2n) is 7.06. The van der Waals surface area contributed by atoms with Gasteiger partial charge in [-0.15, -0.1) is 0 Å². The Hall–Kier alpha value is -3.42. The van der Waals surface area contributed by atoms with Crippen LogP contribution in [0.25, 0.3) is 11.0 Å². The minimum Gasteiger partial charge on any atom is -0.366 e. The van der Waals surface area contributed by atoms with Crippen molar-refractivity contribution in [1.82, 2.24) is 14.0 Å². The van der Waals surface area contributed by atoms with Crippen molar-refractivity contribution in [2.75, 3.05) is 31.1 Å². The lowest BCUT2D eigenvalue weighted by atomic mass is 10.2. The van der Waals surface area contributed by atoms with Gasteiger partial charge >= 0.3 is 11.1 Å². The summed E-state index contributed by atoms with van der Waals surface area (Å²) in [4.78, 5) is 41.1. The fourth-order valence-electron chi connectivity index (χ4n) is 3.75. The summed E-state index contributed by atoms with van der Waals surface area (Å²) in [5.41, 5.74) is 0.269. The van der Waals surface area contributed by atoms with Gasteiger partial charge in [0, 0.05) is 33.2 Å². The molecule has 29 heavy (non-hydrogen) atoms. The number of fused-ring (bicyclic) bond motifs is 1. The third kappa shape index (κ3) is 3.41. The Balaban J connectivity index is 1.54. The molecule has 0 aliphatic carbocycles. The maximum Gasteiger partial charge on any atom is 0.317 e. The van der Waals surface area contributed by atoms with E-state index in [1.807, 2.05) is 4.90 Å². The fourth-order valence-corrected chi connectivity index (χ4v) is 3.75. The van der Waals surface area contributed by atoms with Crippen molar-refractivity contribution in [3.05, 3.63) is 75.1 Å². The molecule has 3 aromatic rings. The summed E-state index contributed by atoms with van der Waals surface area (Å²) in [7, 11) is 1.54. The van der Waals surface area contributed by atoms with Gasteiger partial charge in [0.1, 0.15) is 12.4 Å². The number of nitrogens with zero attached hydrogens (tertiary/aromatic N) is 4. The first kappa shape index (κ1) is 18.9. The van der Waals surface area contributed by atoms with Crippen LogP contribution >= 0.6 is 0 Å². The monoisotopic (exact) mass is 396 g/mol. The Morgan fingerprint density at radius 3 is 2.21 bits per heavy atom. The zero-order valence-electron chi connectivity index (χ0n) is 16.0. The van der Waals surface area contributed by atoms with E-state index < -0.39 is 11.1 Å². The molecule has 2 heterocycles. The van der Waals surface area contributed by atoms with Crippen LogP contribution in [0.3, 0.4) is 0 Å². The van der Waals surface area contributed by atoms with E-state index in [4.69, 9.17) is 0 Å². The van der Waals surface area contributed by atoms with E-state index in [0.29, 0.717) is 42.9 Å². The summed E-state index contributed by atoms with van der Waals surface area (Å²) in [5, 5.41) is 0. The van der Waals surface area contributed by atoms with Crippen LogP contribution in [0.5, 0.6) is 0 Å². The van der Waals surface area contributed by atoms with Crippen molar-refractivity contribution in [2.24, 2.45) is 7.05 Å². The van der Waals surface area contributed by atoms with Gasteiger partial charge in [0.15, 0.2) is 0 Å². The average molecular weight is 396 g/mol. The number of anilines is 1. The molecular formula is C21H21FN4O3. The van der Waals surface area contributed by atoms with Crippen LogP contribution in [-0.2, 0) is 18.4 Å². The number of carbonyl (C=O) groups is 1. The molecule has 1 aromatic heterocycles. The molecule has 8 heteroatoms. The van der Waals surface area contributed by atoms with Crippen molar-refractivity contribution >= 4 is 22.6 Å². The third-order valence-corrected chi connectivity index (χ3v) is 5.39. The second-order valence-corrected chi connectivity index (χ2v) is 7.06. The van der Waals surface area contributed by atoms with Crippen LogP contribution in [0.15, 0.2) is 58.1 Å². The van der Waals surface area contributed by atoms with Gasteiger partial charge in [-0.25, -0.2) is 4.39 Å². The Labute approximate surface area is 166 Å². The largest absolute Gasteiger partial charge is 0.366 e. The van der Waals surface area contributed by atoms with Crippen molar-refractivity contribution in [1.29, 1.82) is 0 Å². The lowest BCUT2D eigenvalue weighted by Crippen LogP contribution is -2.51. The molecule has 0 radical (unpaired) electrons. The van der Waals surface area contributed by atoms with Gasteiger partial charge in [0.2, 0.25) is 5.91 Å². The quantitative estimate of drug-likeness (QED) is 0.624. The molecule has 0 atom stereocenters. The highest BCUT2D eigenvalue weighted by atomic mass is 19.1. The van der Waals surface area contributed by atoms with Crippen molar-refractivity contribution in [2.45, 2.75) is 6.54 Å². The zero-order chi connectivity index (χ0) is 20.5. The highest BCUT2D eigenvalue weighted by Crippen LogP contribution is 2.20. The van der Waals surface area contributed by atoms with Gasteiger partial charge in [0.05, 0.1) is 16.7 Å². The number of halogens is 1. The predicted octanol–water partition coefficient (Wildman–Crippen LogP) is 1.19. The summed E-state index contributed by atoms with van der Waals surface area (Å²) in [6.45, 7) is 1.64. The Morgan fingerprint density at radius 1 is 0.897 bits per heavy atom. The molecule has 2 aromatic carbocycles. The smallest absolute Gasteiger partial charge is 0.317 e. The number of amides is 1. The van der Waals surface area contributed by atoms with Crippen LogP contribution < -0.4 is 16.0 Å². The van der Waals surface area contributed by atoms with E-state index in [0.717, 1.165) is 0 Å². The highest BCUT2D eigenvalue weighted by Gasteiger charge is 2.24. The number of hydrogen-bond donors (Lipinski definition) is 0. The summed E-state index contributed by atoms with van der Waals surface area (Å²) in [6, 6.07) is 13.6. The molecular weight excluding hydrogens is 375 g/mol. The number of hydrogen-bond acceptors (Lipinski definition) is 4. The van der Waals surface area contributed by atoms with E-state index in [2.05, 4.69) is 0 Å². The van der Waals surface area contributed by atoms with E-state index in [9.17, 15) is 18.8 Å². The number of benzene rings is 2. The Kier molecular flexibility index (Phi) is 4.92. The molecule has 1 amide bonds. The maximum absolute atomic E-state index is 14.0. The maximum atomic E-state index is 14.0. The van der Waals surface area contributed by atoms with Gasteiger partial charge in [-0.05, 0) is 24.3 Å². The molecule has 1 aliphatic rings. The molecule has 150 valence electrons. The van der Waals surface area contributed by atoms with Crippen LogP contribution in [0.1, 0.15) is 0 Å². The van der Waals surface area contributed by atoms with Gasteiger partial charge < -0.3 is 14.4 Å². The topological polar surface area (TPSA) is 67.5 Å². The molecule has 4 rings (SSSR count). The Bertz CT molecular complexity index is 1190. The number of carbonyl (C=O) groups excluding carboxylic acids is 1. The second kappa shape index (κ2) is 7.54. The van der Waals surface area contributed by atoms with Crippen LogP contribution in [0, 0.1) is 5.82 Å². The minimum atomic E-state index is -0.718. The first-order chi connectivity index (χ1) is 14.0. The van der Waals surface area contributed by atoms with Crippen LogP contribution in [-0.4, -0.2) is 46.1 Å². The third-order valence-electron chi connectivity index (χ3n) is 5.39. The molecule has 0 N–H and O–H groups in total. The molecule has 0 unspecified atom stereocenters. The number of aromatic nitrogens is 2. The van der Waals surface area contributed by atoms with Gasteiger partial charge in [-0.3, -0.25) is 19.0 Å². The molecule has 1 fully saturated rings. The summed E-state index contributed by atoms with van der Waals surface area (Å²) < 4.78 is 16.5. The number of piperazine rings is 1. The zero-order valence-corrected chi connectivity index (χ0v) is 16.0. The predicted molar refractivity (Wildman–Crippen MR) is 109 cm³/mol. The van der Waals surface area contributed by atoms with E-state index in [1.54, 1.807) is 54.4 Å². The van der Waals surface area contributed by atoms with Gasteiger partial charge in [-0.1, -0.05) is 24.3 Å². The van der Waals surface area contributed by atoms with Crippen LogP contribution in [0.2, 0.25) is 0 Å². The molecule has 1 aliphatic heterocycles. The normalized spacial score (nSPS) is 14.4. The molecule has 0 spiro atoms. The first-order valence-corrected chi connectivity index (χ1v) is 9.43. The average Bonchev–Trinajstić information content (AvgIpc) is 2.75. The van der Waals surface area contributed by atoms with Crippen LogP contribution in [0.4, 0.5) is 10.1 Å². The van der Waals surface area contributed by atoms with Gasteiger partial charge in [-0.2, -0.15) is 0 Å². The number of aryl methyl sites for hydroxylation is 1. The van der Waals surface area contributed by atoms with E-state index >= 15 is 0 Å².